The van der Waals surface area contributed by atoms with Gasteiger partial charge in [0, 0.05) is 22.9 Å². The molecule has 0 fully saturated rings. The van der Waals surface area contributed by atoms with Gasteiger partial charge in [0.25, 0.3) is 0 Å². The van der Waals surface area contributed by atoms with Crippen molar-refractivity contribution in [1.29, 1.82) is 0 Å². The van der Waals surface area contributed by atoms with Crippen LogP contribution in [0.5, 0.6) is 0 Å². The van der Waals surface area contributed by atoms with Gasteiger partial charge in [-0.3, -0.25) is 4.31 Å². The van der Waals surface area contributed by atoms with E-state index in [2.05, 4.69) is 10.6 Å². The van der Waals surface area contributed by atoms with Crippen LogP contribution in [0.25, 0.3) is 0 Å². The monoisotopic (exact) mass is 407 g/mol. The van der Waals surface area contributed by atoms with E-state index in [1.54, 1.807) is 30.3 Å². The molecule has 1 aliphatic heterocycles. The highest BCUT2D eigenvalue weighted by molar-refractivity contribution is 7.92. The van der Waals surface area contributed by atoms with Gasteiger partial charge in [-0.05, 0) is 55.2 Å². The van der Waals surface area contributed by atoms with Gasteiger partial charge in [-0.15, -0.1) is 0 Å². The number of carbonyl (C=O) groups is 1. The second-order valence-electron chi connectivity index (χ2n) is 6.47. The maximum Gasteiger partial charge on any atom is 0.323 e. The van der Waals surface area contributed by atoms with Crippen LogP contribution >= 0.6 is 11.6 Å². The standard InChI is InChI=1S/C19H22ClN3O3S/c1-3-11-27(25,26)23-10-9-14-7-8-15(12-18(14)23)21-19(24)22-17-6-4-5-16(20)13(17)2/h4-8,12H,3,9-11H2,1-2H3,(H2,21,22,24). The summed E-state index contributed by atoms with van der Waals surface area (Å²) >= 11 is 6.07. The van der Waals surface area contributed by atoms with Gasteiger partial charge in [0.05, 0.1) is 11.4 Å². The number of amides is 2. The largest absolute Gasteiger partial charge is 0.323 e. The first-order valence-corrected chi connectivity index (χ1v) is 10.8. The molecule has 6 nitrogen and oxygen atoms in total. The van der Waals surface area contributed by atoms with E-state index < -0.39 is 16.1 Å². The molecule has 8 heteroatoms. The van der Waals surface area contributed by atoms with Gasteiger partial charge in [-0.2, -0.15) is 0 Å². The summed E-state index contributed by atoms with van der Waals surface area (Å²) in [5.74, 6) is 0.110. The zero-order chi connectivity index (χ0) is 19.6. The number of hydrogen-bond acceptors (Lipinski definition) is 3. The van der Waals surface area contributed by atoms with Gasteiger partial charge in [0.2, 0.25) is 10.0 Å². The number of carbonyl (C=O) groups excluding carboxylic acids is 1. The van der Waals surface area contributed by atoms with Crippen molar-refractivity contribution in [1.82, 2.24) is 0 Å². The number of nitrogens with one attached hydrogen (secondary N) is 2. The Morgan fingerprint density at radius 3 is 2.74 bits per heavy atom. The zero-order valence-corrected chi connectivity index (χ0v) is 16.8. The van der Waals surface area contributed by atoms with Crippen LogP contribution in [-0.2, 0) is 16.4 Å². The highest BCUT2D eigenvalue weighted by Crippen LogP contribution is 2.33. The van der Waals surface area contributed by atoms with Crippen molar-refractivity contribution in [3.8, 4) is 0 Å². The summed E-state index contributed by atoms with van der Waals surface area (Å²) in [6, 6.07) is 10.2. The van der Waals surface area contributed by atoms with Crippen molar-refractivity contribution >= 4 is 44.7 Å². The fourth-order valence-corrected chi connectivity index (χ4v) is 4.86. The molecule has 2 N–H and O–H groups in total. The molecule has 0 radical (unpaired) electrons. The molecule has 0 aliphatic carbocycles. The van der Waals surface area contributed by atoms with Gasteiger partial charge < -0.3 is 10.6 Å². The fraction of sp³-hybridized carbons (Fsp3) is 0.316. The fourth-order valence-electron chi connectivity index (χ4n) is 3.11. The lowest BCUT2D eigenvalue weighted by atomic mass is 10.1. The van der Waals surface area contributed by atoms with Gasteiger partial charge in [0.15, 0.2) is 0 Å². The van der Waals surface area contributed by atoms with Crippen molar-refractivity contribution in [3.63, 3.8) is 0 Å². The molecule has 0 bridgehead atoms. The third-order valence-electron chi connectivity index (χ3n) is 4.51. The van der Waals surface area contributed by atoms with Crippen LogP contribution in [0.15, 0.2) is 36.4 Å². The van der Waals surface area contributed by atoms with Crippen molar-refractivity contribution in [2.45, 2.75) is 26.7 Å². The highest BCUT2D eigenvalue weighted by atomic mass is 35.5. The number of benzene rings is 2. The first kappa shape index (κ1) is 19.5. The van der Waals surface area contributed by atoms with Crippen LogP contribution in [0.4, 0.5) is 21.9 Å². The molecule has 1 aliphatic rings. The van der Waals surface area contributed by atoms with E-state index in [1.165, 1.54) is 4.31 Å². The summed E-state index contributed by atoms with van der Waals surface area (Å²) in [6.45, 7) is 4.10. The molecule has 2 amide bonds. The molecule has 27 heavy (non-hydrogen) atoms. The van der Waals surface area contributed by atoms with E-state index in [0.717, 1.165) is 11.1 Å². The Morgan fingerprint density at radius 2 is 2.00 bits per heavy atom. The van der Waals surface area contributed by atoms with Crippen LogP contribution < -0.4 is 14.9 Å². The first-order valence-electron chi connectivity index (χ1n) is 8.78. The lowest BCUT2D eigenvalue weighted by Crippen LogP contribution is -2.31. The Kier molecular flexibility index (Phi) is 5.62. The van der Waals surface area contributed by atoms with Crippen LogP contribution in [0, 0.1) is 6.92 Å². The molecule has 2 aromatic carbocycles. The molecular formula is C19H22ClN3O3S. The van der Waals surface area contributed by atoms with Gasteiger partial charge in [-0.1, -0.05) is 30.7 Å². The van der Waals surface area contributed by atoms with Crippen molar-refractivity contribution in [2.24, 2.45) is 0 Å². The minimum absolute atomic E-state index is 0.110. The normalized spacial score (nSPS) is 13.4. The summed E-state index contributed by atoms with van der Waals surface area (Å²) in [5, 5.41) is 6.09. The first-order chi connectivity index (χ1) is 12.8. The van der Waals surface area contributed by atoms with E-state index >= 15 is 0 Å². The molecule has 1 heterocycles. The van der Waals surface area contributed by atoms with Gasteiger partial charge >= 0.3 is 6.03 Å². The molecule has 2 aromatic rings. The zero-order valence-electron chi connectivity index (χ0n) is 15.3. The molecule has 0 spiro atoms. The minimum Gasteiger partial charge on any atom is -0.308 e. The van der Waals surface area contributed by atoms with E-state index in [-0.39, 0.29) is 5.75 Å². The minimum atomic E-state index is -3.34. The maximum atomic E-state index is 12.5. The molecule has 0 atom stereocenters. The summed E-state index contributed by atoms with van der Waals surface area (Å²) in [5.41, 5.74) is 3.53. The summed E-state index contributed by atoms with van der Waals surface area (Å²) in [4.78, 5) is 12.3. The molecule has 0 saturated heterocycles. The van der Waals surface area contributed by atoms with Crippen molar-refractivity contribution in [3.05, 3.63) is 52.5 Å². The summed E-state index contributed by atoms with van der Waals surface area (Å²) < 4.78 is 26.3. The Bertz CT molecular complexity index is 976. The van der Waals surface area contributed by atoms with Crippen molar-refractivity contribution < 1.29 is 13.2 Å². The van der Waals surface area contributed by atoms with E-state index in [9.17, 15) is 13.2 Å². The Morgan fingerprint density at radius 1 is 1.22 bits per heavy atom. The molecule has 3 rings (SSSR count). The van der Waals surface area contributed by atoms with Crippen LogP contribution in [0.1, 0.15) is 24.5 Å². The third kappa shape index (κ3) is 4.20. The van der Waals surface area contributed by atoms with Crippen LogP contribution in [0.3, 0.4) is 0 Å². The average molecular weight is 408 g/mol. The lowest BCUT2D eigenvalue weighted by molar-refractivity contribution is 0.262. The van der Waals surface area contributed by atoms with Gasteiger partial charge in [0.1, 0.15) is 0 Å². The lowest BCUT2D eigenvalue weighted by Gasteiger charge is -2.20. The third-order valence-corrected chi connectivity index (χ3v) is 6.89. The number of rotatable bonds is 5. The number of urea groups is 1. The number of fused-ring (bicyclic) bond motifs is 1. The predicted octanol–water partition coefficient (Wildman–Crippen LogP) is 4.39. The average Bonchev–Trinajstić information content (AvgIpc) is 3.03. The van der Waals surface area contributed by atoms with E-state index in [0.29, 0.717) is 41.5 Å². The van der Waals surface area contributed by atoms with E-state index in [1.807, 2.05) is 19.9 Å². The highest BCUT2D eigenvalue weighted by Gasteiger charge is 2.29. The molecule has 0 saturated carbocycles. The quantitative estimate of drug-likeness (QED) is 0.771. The second kappa shape index (κ2) is 7.78. The Balaban J connectivity index is 1.77. The number of halogens is 1. The summed E-state index contributed by atoms with van der Waals surface area (Å²) in [6.07, 6.45) is 1.24. The molecular weight excluding hydrogens is 386 g/mol. The Hall–Kier alpha value is -2.25. The second-order valence-corrected chi connectivity index (χ2v) is 8.89. The SMILES string of the molecule is CCCS(=O)(=O)N1CCc2ccc(NC(=O)Nc3cccc(Cl)c3C)cc21. The number of nitrogens with zero attached hydrogens (tertiary/aromatic N) is 1. The maximum absolute atomic E-state index is 12.5. The number of sulfonamides is 1. The molecule has 144 valence electrons. The van der Waals surface area contributed by atoms with E-state index in [4.69, 9.17) is 11.6 Å². The summed E-state index contributed by atoms with van der Waals surface area (Å²) in [7, 11) is -3.34. The van der Waals surface area contributed by atoms with Gasteiger partial charge in [-0.25, -0.2) is 13.2 Å². The Labute approximate surface area is 164 Å². The smallest absolute Gasteiger partial charge is 0.308 e. The predicted molar refractivity (Wildman–Crippen MR) is 110 cm³/mol. The molecule has 0 unspecified atom stereocenters. The van der Waals surface area contributed by atoms with Crippen LogP contribution in [-0.4, -0.2) is 26.7 Å². The topological polar surface area (TPSA) is 78.5 Å². The van der Waals surface area contributed by atoms with Crippen LogP contribution in [0.2, 0.25) is 5.02 Å². The number of anilines is 3. The number of hydrogen-bond donors (Lipinski definition) is 2. The van der Waals surface area contributed by atoms with Crippen molar-refractivity contribution in [2.75, 3.05) is 27.2 Å². The molecule has 0 aromatic heterocycles.